The van der Waals surface area contributed by atoms with Crippen molar-refractivity contribution in [2.45, 2.75) is 20.0 Å². The molecular formula is C14H26O3. The molecule has 100 valence electrons. The largest absolute Gasteiger partial charge is 0.388 e. The molecule has 0 N–H and O–H groups in total. The summed E-state index contributed by atoms with van der Waals surface area (Å²) in [5.41, 5.74) is 2.52. The minimum atomic E-state index is 0.204. The standard InChI is InChI=1S/C10H14O.2C2H6O/c1-8-4-6-10(7-5-8)9(2)11-3;2*1-3-2/h4-7,9H,1-3H3;2*1-2H3. The van der Waals surface area contributed by atoms with Crippen LogP contribution in [0.3, 0.4) is 0 Å². The molecule has 3 heteroatoms. The molecule has 1 aromatic carbocycles. The molecule has 1 aromatic rings. The highest BCUT2D eigenvalue weighted by atomic mass is 16.5. The van der Waals surface area contributed by atoms with Crippen LogP contribution in [0.15, 0.2) is 24.3 Å². The highest BCUT2D eigenvalue weighted by Crippen LogP contribution is 2.15. The zero-order valence-corrected chi connectivity index (χ0v) is 12.1. The Morgan fingerprint density at radius 3 is 1.47 bits per heavy atom. The number of methoxy groups -OCH3 is 3. The van der Waals surface area contributed by atoms with Gasteiger partial charge in [-0.15, -0.1) is 0 Å². The van der Waals surface area contributed by atoms with Gasteiger partial charge in [0.15, 0.2) is 0 Å². The Bertz CT molecular complexity index is 242. The second kappa shape index (κ2) is 13.2. The van der Waals surface area contributed by atoms with Crippen molar-refractivity contribution < 1.29 is 14.2 Å². The van der Waals surface area contributed by atoms with Crippen molar-refractivity contribution in [3.05, 3.63) is 35.4 Å². The summed E-state index contributed by atoms with van der Waals surface area (Å²) in [5, 5.41) is 0. The van der Waals surface area contributed by atoms with Gasteiger partial charge in [0, 0.05) is 35.5 Å². The number of benzene rings is 1. The quantitative estimate of drug-likeness (QED) is 0.797. The van der Waals surface area contributed by atoms with E-state index in [0.29, 0.717) is 0 Å². The highest BCUT2D eigenvalue weighted by molar-refractivity contribution is 5.22. The Hall–Kier alpha value is -0.900. The monoisotopic (exact) mass is 242 g/mol. The third-order valence-corrected chi connectivity index (χ3v) is 1.90. The zero-order valence-electron chi connectivity index (χ0n) is 12.1. The average Bonchev–Trinajstić information content (AvgIpc) is 2.31. The molecule has 0 fully saturated rings. The fraction of sp³-hybridized carbons (Fsp3) is 0.571. The highest BCUT2D eigenvalue weighted by Gasteiger charge is 2.00. The van der Waals surface area contributed by atoms with E-state index in [9.17, 15) is 0 Å². The van der Waals surface area contributed by atoms with Crippen LogP contribution < -0.4 is 0 Å². The lowest BCUT2D eigenvalue weighted by Crippen LogP contribution is -1.94. The second-order valence-corrected chi connectivity index (χ2v) is 3.61. The first-order valence-corrected chi connectivity index (χ1v) is 5.46. The lowest BCUT2D eigenvalue weighted by molar-refractivity contribution is 0.119. The summed E-state index contributed by atoms with van der Waals surface area (Å²) in [4.78, 5) is 0. The van der Waals surface area contributed by atoms with Crippen LogP contribution in [-0.2, 0) is 14.2 Å². The summed E-state index contributed by atoms with van der Waals surface area (Å²) in [6.45, 7) is 4.13. The molecule has 3 nitrogen and oxygen atoms in total. The van der Waals surface area contributed by atoms with Crippen LogP contribution in [-0.4, -0.2) is 35.5 Å². The Balaban J connectivity index is 0. The SMILES string of the molecule is COC.COC.COC(C)c1ccc(C)cc1. The van der Waals surface area contributed by atoms with E-state index in [4.69, 9.17) is 4.74 Å². The van der Waals surface area contributed by atoms with Gasteiger partial charge >= 0.3 is 0 Å². The molecule has 0 heterocycles. The normalized spacial score (nSPS) is 10.5. The van der Waals surface area contributed by atoms with Gasteiger partial charge in [0.2, 0.25) is 0 Å². The van der Waals surface area contributed by atoms with E-state index in [1.54, 1.807) is 35.5 Å². The number of hydrogen-bond donors (Lipinski definition) is 0. The molecule has 1 rings (SSSR count). The predicted octanol–water partition coefficient (Wildman–Crippen LogP) is 3.23. The van der Waals surface area contributed by atoms with Crippen molar-refractivity contribution >= 4 is 0 Å². The third kappa shape index (κ3) is 11.4. The third-order valence-electron chi connectivity index (χ3n) is 1.90. The van der Waals surface area contributed by atoms with Gasteiger partial charge in [0.1, 0.15) is 0 Å². The van der Waals surface area contributed by atoms with Crippen LogP contribution in [0.25, 0.3) is 0 Å². The number of hydrogen-bond acceptors (Lipinski definition) is 3. The molecule has 1 unspecified atom stereocenters. The van der Waals surface area contributed by atoms with E-state index in [-0.39, 0.29) is 6.10 Å². The topological polar surface area (TPSA) is 27.7 Å². The van der Waals surface area contributed by atoms with Crippen molar-refractivity contribution in [3.63, 3.8) is 0 Å². The van der Waals surface area contributed by atoms with Crippen molar-refractivity contribution in [2.24, 2.45) is 0 Å². The molecule has 0 saturated carbocycles. The van der Waals surface area contributed by atoms with Crippen LogP contribution in [0, 0.1) is 6.92 Å². The Morgan fingerprint density at radius 1 is 0.824 bits per heavy atom. The molecule has 0 radical (unpaired) electrons. The van der Waals surface area contributed by atoms with E-state index in [1.807, 2.05) is 6.92 Å². The minimum absolute atomic E-state index is 0.204. The molecule has 0 aromatic heterocycles. The summed E-state index contributed by atoms with van der Waals surface area (Å²) < 4.78 is 13.7. The molecule has 1 atom stereocenters. The molecule has 0 saturated heterocycles. The molecule has 17 heavy (non-hydrogen) atoms. The van der Waals surface area contributed by atoms with E-state index in [0.717, 1.165) is 0 Å². The molecule has 0 amide bonds. The zero-order chi connectivity index (χ0) is 13.7. The summed E-state index contributed by atoms with van der Waals surface area (Å²) in [6, 6.07) is 8.41. The molecule has 0 aliphatic carbocycles. The predicted molar refractivity (Wildman–Crippen MR) is 72.5 cm³/mol. The number of aryl methyl sites for hydroxylation is 1. The van der Waals surface area contributed by atoms with Gasteiger partial charge in [-0.05, 0) is 19.4 Å². The van der Waals surface area contributed by atoms with Gasteiger partial charge < -0.3 is 14.2 Å². The lowest BCUT2D eigenvalue weighted by atomic mass is 10.1. The Kier molecular flexibility index (Phi) is 14.3. The minimum Gasteiger partial charge on any atom is -0.388 e. The summed E-state index contributed by atoms with van der Waals surface area (Å²) in [5.74, 6) is 0. The van der Waals surface area contributed by atoms with Gasteiger partial charge in [-0.1, -0.05) is 29.8 Å². The summed E-state index contributed by atoms with van der Waals surface area (Å²) >= 11 is 0. The molecule has 0 aliphatic rings. The summed E-state index contributed by atoms with van der Waals surface area (Å²) in [7, 11) is 8.23. The van der Waals surface area contributed by atoms with E-state index in [2.05, 4.69) is 40.7 Å². The first-order valence-electron chi connectivity index (χ1n) is 5.46. The lowest BCUT2D eigenvalue weighted by Gasteiger charge is -2.08. The maximum atomic E-state index is 5.18. The first-order chi connectivity index (χ1) is 8.06. The Morgan fingerprint density at radius 2 is 1.18 bits per heavy atom. The van der Waals surface area contributed by atoms with Gasteiger partial charge in [-0.25, -0.2) is 0 Å². The van der Waals surface area contributed by atoms with Crippen LogP contribution >= 0.6 is 0 Å². The van der Waals surface area contributed by atoms with Gasteiger partial charge in [0.25, 0.3) is 0 Å². The van der Waals surface area contributed by atoms with Crippen molar-refractivity contribution in [2.75, 3.05) is 35.5 Å². The van der Waals surface area contributed by atoms with Crippen LogP contribution in [0.2, 0.25) is 0 Å². The molecule has 0 bridgehead atoms. The number of rotatable bonds is 2. The van der Waals surface area contributed by atoms with E-state index < -0.39 is 0 Å². The fourth-order valence-corrected chi connectivity index (χ4v) is 0.974. The van der Waals surface area contributed by atoms with Gasteiger partial charge in [-0.3, -0.25) is 0 Å². The fourth-order valence-electron chi connectivity index (χ4n) is 0.974. The maximum absolute atomic E-state index is 5.18. The van der Waals surface area contributed by atoms with Crippen LogP contribution in [0.1, 0.15) is 24.2 Å². The van der Waals surface area contributed by atoms with Crippen molar-refractivity contribution in [1.82, 2.24) is 0 Å². The molecule has 0 aliphatic heterocycles. The second-order valence-electron chi connectivity index (χ2n) is 3.61. The van der Waals surface area contributed by atoms with Crippen LogP contribution in [0.5, 0.6) is 0 Å². The summed E-state index contributed by atoms with van der Waals surface area (Å²) in [6.07, 6.45) is 0.204. The first kappa shape index (κ1) is 18.5. The molecular weight excluding hydrogens is 216 g/mol. The number of ether oxygens (including phenoxy) is 3. The Labute approximate surface area is 106 Å². The smallest absolute Gasteiger partial charge is 0.0793 e. The van der Waals surface area contributed by atoms with Crippen molar-refractivity contribution in [1.29, 1.82) is 0 Å². The average molecular weight is 242 g/mol. The maximum Gasteiger partial charge on any atom is 0.0793 e. The van der Waals surface area contributed by atoms with E-state index >= 15 is 0 Å². The van der Waals surface area contributed by atoms with Crippen LogP contribution in [0.4, 0.5) is 0 Å². The van der Waals surface area contributed by atoms with Crippen molar-refractivity contribution in [3.8, 4) is 0 Å². The van der Waals surface area contributed by atoms with E-state index in [1.165, 1.54) is 11.1 Å². The van der Waals surface area contributed by atoms with Gasteiger partial charge in [-0.2, -0.15) is 0 Å². The molecule has 0 spiro atoms. The van der Waals surface area contributed by atoms with Gasteiger partial charge in [0.05, 0.1) is 6.10 Å².